The average molecular weight is 420 g/mol. The number of carbonyl (C=O) groups is 2. The fourth-order valence-corrected chi connectivity index (χ4v) is 3.84. The molecular formula is C22H24N6O3. The lowest BCUT2D eigenvalue weighted by atomic mass is 10.0. The first kappa shape index (κ1) is 20.6. The normalized spacial score (nSPS) is 20.5. The predicted molar refractivity (Wildman–Crippen MR) is 112 cm³/mol. The summed E-state index contributed by atoms with van der Waals surface area (Å²) in [5.74, 6) is -0.0668. The van der Waals surface area contributed by atoms with Crippen LogP contribution in [0.2, 0.25) is 0 Å². The van der Waals surface area contributed by atoms with E-state index in [1.54, 1.807) is 0 Å². The van der Waals surface area contributed by atoms with Gasteiger partial charge in [-0.25, -0.2) is 4.98 Å². The van der Waals surface area contributed by atoms with E-state index in [0.29, 0.717) is 24.6 Å². The molecule has 3 atom stereocenters. The predicted octanol–water partition coefficient (Wildman–Crippen LogP) is 2.34. The largest absolute Gasteiger partial charge is 0.354 e. The molecule has 31 heavy (non-hydrogen) atoms. The Hall–Kier alpha value is -3.62. The van der Waals surface area contributed by atoms with Crippen molar-refractivity contribution in [2.24, 2.45) is 5.92 Å². The number of benzene rings is 1. The van der Waals surface area contributed by atoms with E-state index in [9.17, 15) is 9.59 Å². The molecule has 2 aromatic heterocycles. The minimum Gasteiger partial charge on any atom is -0.354 e. The number of amides is 2. The zero-order chi connectivity index (χ0) is 21.8. The Kier molecular flexibility index (Phi) is 6.01. The molecule has 3 aromatic rings. The Morgan fingerprint density at radius 1 is 1.13 bits per heavy atom. The Morgan fingerprint density at radius 2 is 1.94 bits per heavy atom. The van der Waals surface area contributed by atoms with Gasteiger partial charge in [-0.3, -0.25) is 14.6 Å². The van der Waals surface area contributed by atoms with Gasteiger partial charge < -0.3 is 15.2 Å². The molecule has 0 spiro atoms. The lowest BCUT2D eigenvalue weighted by Crippen LogP contribution is -2.38. The minimum absolute atomic E-state index is 0.0345. The van der Waals surface area contributed by atoms with E-state index in [4.69, 9.17) is 4.52 Å². The van der Waals surface area contributed by atoms with E-state index in [1.165, 1.54) is 18.6 Å². The molecule has 0 aliphatic heterocycles. The fraction of sp³-hybridized carbons (Fsp3) is 0.364. The van der Waals surface area contributed by atoms with Crippen LogP contribution in [0.15, 0.2) is 53.4 Å². The summed E-state index contributed by atoms with van der Waals surface area (Å²) in [6.07, 6.45) is 5.34. The first-order chi connectivity index (χ1) is 15.0. The van der Waals surface area contributed by atoms with Gasteiger partial charge in [-0.2, -0.15) is 4.98 Å². The van der Waals surface area contributed by atoms with E-state index < -0.39 is 0 Å². The summed E-state index contributed by atoms with van der Waals surface area (Å²) in [6, 6.07) is 9.20. The van der Waals surface area contributed by atoms with E-state index >= 15 is 0 Å². The number of rotatable bonds is 6. The van der Waals surface area contributed by atoms with Crippen LogP contribution in [0.3, 0.4) is 0 Å². The molecule has 0 radical (unpaired) electrons. The maximum Gasteiger partial charge on any atom is 0.271 e. The molecule has 1 saturated carbocycles. The molecule has 1 aromatic carbocycles. The molecule has 1 fully saturated rings. The molecule has 4 rings (SSSR count). The van der Waals surface area contributed by atoms with Crippen molar-refractivity contribution in [3.63, 3.8) is 0 Å². The third-order valence-corrected chi connectivity index (χ3v) is 5.27. The lowest BCUT2D eigenvalue weighted by Gasteiger charge is -2.17. The first-order valence-corrected chi connectivity index (χ1v) is 10.3. The highest BCUT2D eigenvalue weighted by molar-refractivity contribution is 5.92. The molecule has 9 nitrogen and oxygen atoms in total. The minimum atomic E-state index is -0.351. The molecule has 9 heteroatoms. The van der Waals surface area contributed by atoms with Crippen LogP contribution in [-0.4, -0.2) is 44.0 Å². The second-order valence-electron chi connectivity index (χ2n) is 7.93. The SMILES string of the molecule is CC(C)NC(=O)[C@H]1C[C@H](NC(=O)c2cnccn2)[C@H](c2nc(-c3ccccc3)no2)C1. The fourth-order valence-electron chi connectivity index (χ4n) is 3.84. The third-order valence-electron chi connectivity index (χ3n) is 5.27. The Balaban J connectivity index is 1.57. The van der Waals surface area contributed by atoms with Crippen LogP contribution in [0.25, 0.3) is 11.4 Å². The summed E-state index contributed by atoms with van der Waals surface area (Å²) in [6.45, 7) is 3.84. The average Bonchev–Trinajstić information content (AvgIpc) is 3.42. The van der Waals surface area contributed by atoms with E-state index in [1.807, 2.05) is 44.2 Å². The van der Waals surface area contributed by atoms with Crippen LogP contribution in [0.5, 0.6) is 0 Å². The van der Waals surface area contributed by atoms with Crippen LogP contribution in [0.4, 0.5) is 0 Å². The monoisotopic (exact) mass is 420 g/mol. The van der Waals surface area contributed by atoms with Gasteiger partial charge in [0.2, 0.25) is 17.6 Å². The smallest absolute Gasteiger partial charge is 0.271 e. The highest BCUT2D eigenvalue weighted by Crippen LogP contribution is 2.39. The number of nitrogens with one attached hydrogen (secondary N) is 2. The van der Waals surface area contributed by atoms with Gasteiger partial charge in [-0.1, -0.05) is 35.5 Å². The van der Waals surface area contributed by atoms with Crippen molar-refractivity contribution in [1.29, 1.82) is 0 Å². The number of hydrogen-bond donors (Lipinski definition) is 2. The lowest BCUT2D eigenvalue weighted by molar-refractivity contribution is -0.125. The van der Waals surface area contributed by atoms with Gasteiger partial charge in [-0.15, -0.1) is 0 Å². The van der Waals surface area contributed by atoms with Gasteiger partial charge in [0.25, 0.3) is 5.91 Å². The molecule has 0 saturated heterocycles. The molecule has 0 bridgehead atoms. The van der Waals surface area contributed by atoms with Gasteiger partial charge in [0.05, 0.1) is 12.1 Å². The first-order valence-electron chi connectivity index (χ1n) is 10.3. The van der Waals surface area contributed by atoms with Crippen LogP contribution in [0.1, 0.15) is 49.0 Å². The Bertz CT molecular complexity index is 1040. The third kappa shape index (κ3) is 4.76. The van der Waals surface area contributed by atoms with Crippen LogP contribution < -0.4 is 10.6 Å². The van der Waals surface area contributed by atoms with Crippen LogP contribution in [-0.2, 0) is 4.79 Å². The highest BCUT2D eigenvalue weighted by atomic mass is 16.5. The Morgan fingerprint density at radius 3 is 2.65 bits per heavy atom. The maximum atomic E-state index is 12.7. The van der Waals surface area contributed by atoms with Crippen molar-refractivity contribution >= 4 is 11.8 Å². The van der Waals surface area contributed by atoms with Crippen molar-refractivity contribution in [1.82, 2.24) is 30.7 Å². The van der Waals surface area contributed by atoms with Crippen molar-refractivity contribution in [2.75, 3.05) is 0 Å². The van der Waals surface area contributed by atoms with Crippen LogP contribution in [0, 0.1) is 5.92 Å². The van der Waals surface area contributed by atoms with Gasteiger partial charge >= 0.3 is 0 Å². The second-order valence-corrected chi connectivity index (χ2v) is 7.93. The molecular weight excluding hydrogens is 396 g/mol. The summed E-state index contributed by atoms with van der Waals surface area (Å²) in [5.41, 5.74) is 1.05. The van der Waals surface area contributed by atoms with Gasteiger partial charge in [0, 0.05) is 36.0 Å². The topological polar surface area (TPSA) is 123 Å². The summed E-state index contributed by atoms with van der Waals surface area (Å²) in [5, 5.41) is 10.0. The van der Waals surface area contributed by atoms with Crippen LogP contribution >= 0.6 is 0 Å². The molecule has 0 unspecified atom stereocenters. The van der Waals surface area contributed by atoms with Crippen molar-refractivity contribution in [3.05, 3.63) is 60.5 Å². The summed E-state index contributed by atoms with van der Waals surface area (Å²) < 4.78 is 5.56. The van der Waals surface area contributed by atoms with E-state index in [2.05, 4.69) is 30.7 Å². The number of carbonyl (C=O) groups excluding carboxylic acids is 2. The highest BCUT2D eigenvalue weighted by Gasteiger charge is 2.42. The summed E-state index contributed by atoms with van der Waals surface area (Å²) >= 11 is 0. The molecule has 2 amide bonds. The molecule has 160 valence electrons. The zero-order valence-electron chi connectivity index (χ0n) is 17.4. The van der Waals surface area contributed by atoms with E-state index in [-0.39, 0.29) is 41.4 Å². The molecule has 2 heterocycles. The zero-order valence-corrected chi connectivity index (χ0v) is 17.4. The standard InChI is InChI=1S/C22H24N6O3/c1-13(2)25-20(29)15-10-16(17(11-15)26-21(30)18-12-23-8-9-24-18)22-27-19(28-31-22)14-6-4-3-5-7-14/h3-9,12-13,15-17H,10-11H2,1-2H3,(H,25,29)(H,26,30)/t15-,16-,17+/m1/s1. The number of nitrogens with zero attached hydrogens (tertiary/aromatic N) is 4. The van der Waals surface area contributed by atoms with Crippen molar-refractivity contribution in [3.8, 4) is 11.4 Å². The van der Waals surface area contributed by atoms with Crippen molar-refractivity contribution in [2.45, 2.75) is 44.7 Å². The molecule has 1 aliphatic rings. The Labute approximate surface area is 179 Å². The molecule has 2 N–H and O–H groups in total. The van der Waals surface area contributed by atoms with Gasteiger partial charge in [0.1, 0.15) is 5.69 Å². The van der Waals surface area contributed by atoms with E-state index in [0.717, 1.165) is 5.56 Å². The number of hydrogen-bond acceptors (Lipinski definition) is 7. The number of aromatic nitrogens is 4. The quantitative estimate of drug-likeness (QED) is 0.627. The second kappa shape index (κ2) is 9.03. The maximum absolute atomic E-state index is 12.7. The molecule has 1 aliphatic carbocycles. The summed E-state index contributed by atoms with van der Waals surface area (Å²) in [7, 11) is 0. The summed E-state index contributed by atoms with van der Waals surface area (Å²) in [4.78, 5) is 37.9. The van der Waals surface area contributed by atoms with Crippen molar-refractivity contribution < 1.29 is 14.1 Å². The van der Waals surface area contributed by atoms with Gasteiger partial charge in [-0.05, 0) is 26.7 Å². The van der Waals surface area contributed by atoms with Gasteiger partial charge in [0.15, 0.2) is 0 Å².